The fraction of sp³-hybridized carbons (Fsp3) is 0.207. The molecular formula is C29H30N2O4S. The van der Waals surface area contributed by atoms with Gasteiger partial charge in [0.1, 0.15) is 17.1 Å². The Morgan fingerprint density at radius 3 is 2.33 bits per heavy atom. The van der Waals surface area contributed by atoms with E-state index in [4.69, 9.17) is 4.74 Å². The monoisotopic (exact) mass is 502 g/mol. The van der Waals surface area contributed by atoms with E-state index >= 15 is 0 Å². The number of rotatable bonds is 10. The van der Waals surface area contributed by atoms with Crippen LogP contribution in [0.1, 0.15) is 24.5 Å². The zero-order chi connectivity index (χ0) is 25.7. The third-order valence-electron chi connectivity index (χ3n) is 6.29. The quantitative estimate of drug-likeness (QED) is 0.253. The minimum absolute atomic E-state index is 0.0156. The summed E-state index contributed by atoms with van der Waals surface area (Å²) in [5, 5.41) is 11.4. The van der Waals surface area contributed by atoms with Gasteiger partial charge in [0.25, 0.3) is 0 Å². The number of carboxylic acid groups (broad SMARTS) is 1. The van der Waals surface area contributed by atoms with Crippen LogP contribution in [0, 0.1) is 6.92 Å². The van der Waals surface area contributed by atoms with Crippen LogP contribution in [0.15, 0.2) is 89.8 Å². The molecular weight excluding hydrogens is 472 g/mol. The van der Waals surface area contributed by atoms with Crippen molar-refractivity contribution in [1.82, 2.24) is 0 Å². The number of hydrogen-bond acceptors (Lipinski definition) is 5. The number of aliphatic carboxylic acids is 1. The number of benzene rings is 4. The third-order valence-corrected chi connectivity index (χ3v) is 7.40. The molecule has 4 aromatic carbocycles. The van der Waals surface area contributed by atoms with E-state index in [1.165, 1.54) is 0 Å². The SMILES string of the molecule is COc1ccc([S+]([O-])Nc2ccc(N(Cc3ccccc3C)[C@@H](C)CC(=O)O)c3ccccc23)cc1. The first-order valence-corrected chi connectivity index (χ1v) is 12.9. The molecule has 0 fully saturated rings. The number of nitrogens with zero attached hydrogens (tertiary/aromatic N) is 1. The molecule has 0 aromatic heterocycles. The number of aryl methyl sites for hydroxylation is 1. The Balaban J connectivity index is 1.72. The van der Waals surface area contributed by atoms with E-state index in [0.717, 1.165) is 33.3 Å². The Hall–Kier alpha value is -3.68. The normalized spacial score (nSPS) is 12.7. The van der Waals surface area contributed by atoms with Gasteiger partial charge >= 0.3 is 5.97 Å². The fourth-order valence-corrected chi connectivity index (χ4v) is 5.17. The molecule has 0 spiro atoms. The second kappa shape index (κ2) is 11.4. The maximum atomic E-state index is 13.1. The molecule has 0 heterocycles. The molecule has 4 rings (SSSR count). The van der Waals surface area contributed by atoms with Crippen LogP contribution in [0.25, 0.3) is 10.8 Å². The van der Waals surface area contributed by atoms with Crippen molar-refractivity contribution in [3.8, 4) is 5.75 Å². The van der Waals surface area contributed by atoms with E-state index < -0.39 is 17.3 Å². The molecule has 0 saturated carbocycles. The maximum Gasteiger partial charge on any atom is 0.305 e. The number of methoxy groups -OCH3 is 1. The van der Waals surface area contributed by atoms with Gasteiger partial charge in [-0.2, -0.15) is 0 Å². The smallest absolute Gasteiger partial charge is 0.305 e. The van der Waals surface area contributed by atoms with Crippen LogP contribution in [0.2, 0.25) is 0 Å². The van der Waals surface area contributed by atoms with Gasteiger partial charge < -0.3 is 19.3 Å². The molecule has 36 heavy (non-hydrogen) atoms. The molecule has 2 atom stereocenters. The van der Waals surface area contributed by atoms with Crippen LogP contribution >= 0.6 is 0 Å². The molecule has 7 heteroatoms. The minimum Gasteiger partial charge on any atom is -0.588 e. The largest absolute Gasteiger partial charge is 0.588 e. The zero-order valence-corrected chi connectivity index (χ0v) is 21.4. The highest BCUT2D eigenvalue weighted by molar-refractivity contribution is 7.92. The van der Waals surface area contributed by atoms with E-state index in [2.05, 4.69) is 28.7 Å². The van der Waals surface area contributed by atoms with Crippen LogP contribution in [0.4, 0.5) is 11.4 Å². The first-order chi connectivity index (χ1) is 17.4. The predicted octanol–water partition coefficient (Wildman–Crippen LogP) is 6.16. The van der Waals surface area contributed by atoms with Gasteiger partial charge in [-0.15, -0.1) is 0 Å². The first-order valence-electron chi connectivity index (χ1n) is 11.7. The van der Waals surface area contributed by atoms with Crippen molar-refractivity contribution in [3.63, 3.8) is 0 Å². The number of nitrogens with one attached hydrogen (secondary N) is 1. The molecule has 0 bridgehead atoms. The standard InChI is InChI=1S/C29H30N2O4S/c1-20-8-4-5-9-22(20)19-31(21(2)18-29(32)33)28-17-16-27(25-10-6-7-11-26(25)28)30-36(34)24-14-12-23(35-3)13-15-24/h4-17,21,30H,18-19H2,1-3H3,(H,32,33)/t21-,36?/m0/s1. The summed E-state index contributed by atoms with van der Waals surface area (Å²) >= 11 is -1.47. The Bertz CT molecular complexity index is 1340. The summed E-state index contributed by atoms with van der Waals surface area (Å²) in [6, 6.07) is 26.8. The van der Waals surface area contributed by atoms with Gasteiger partial charge in [-0.1, -0.05) is 48.5 Å². The van der Waals surface area contributed by atoms with E-state index in [9.17, 15) is 14.5 Å². The highest BCUT2D eigenvalue weighted by Gasteiger charge is 2.22. The maximum absolute atomic E-state index is 13.1. The van der Waals surface area contributed by atoms with Crippen molar-refractivity contribution in [2.24, 2.45) is 0 Å². The van der Waals surface area contributed by atoms with Gasteiger partial charge in [0.05, 0.1) is 19.2 Å². The summed E-state index contributed by atoms with van der Waals surface area (Å²) in [6.07, 6.45) is 0.0156. The summed E-state index contributed by atoms with van der Waals surface area (Å²) in [7, 11) is 1.59. The van der Waals surface area contributed by atoms with Gasteiger partial charge in [0.2, 0.25) is 0 Å². The molecule has 6 nitrogen and oxygen atoms in total. The fourth-order valence-electron chi connectivity index (χ4n) is 4.29. The number of ether oxygens (including phenoxy) is 1. The topological polar surface area (TPSA) is 84.9 Å². The van der Waals surface area contributed by atoms with E-state index in [1.807, 2.05) is 55.5 Å². The van der Waals surface area contributed by atoms with Crippen molar-refractivity contribution < 1.29 is 19.2 Å². The predicted molar refractivity (Wildman–Crippen MR) is 146 cm³/mol. The van der Waals surface area contributed by atoms with E-state index in [1.54, 1.807) is 31.4 Å². The molecule has 0 aliphatic heterocycles. The van der Waals surface area contributed by atoms with Gasteiger partial charge in [-0.05, 0) is 61.4 Å². The summed E-state index contributed by atoms with van der Waals surface area (Å²) in [4.78, 5) is 14.4. The van der Waals surface area contributed by atoms with Crippen molar-refractivity contribution in [1.29, 1.82) is 0 Å². The highest BCUT2D eigenvalue weighted by Crippen LogP contribution is 2.36. The van der Waals surface area contributed by atoms with Crippen LogP contribution in [-0.4, -0.2) is 28.8 Å². The Morgan fingerprint density at radius 2 is 1.67 bits per heavy atom. The number of carbonyl (C=O) groups is 1. The van der Waals surface area contributed by atoms with Crippen molar-refractivity contribution in [2.45, 2.75) is 37.8 Å². The van der Waals surface area contributed by atoms with Gasteiger partial charge in [-0.25, -0.2) is 4.72 Å². The lowest BCUT2D eigenvalue weighted by Crippen LogP contribution is -2.34. The van der Waals surface area contributed by atoms with E-state index in [0.29, 0.717) is 17.2 Å². The Kier molecular flexibility index (Phi) is 8.03. The van der Waals surface area contributed by atoms with E-state index in [-0.39, 0.29) is 12.5 Å². The Morgan fingerprint density at radius 1 is 1.00 bits per heavy atom. The van der Waals surface area contributed by atoms with Crippen LogP contribution in [0.3, 0.4) is 0 Å². The minimum atomic E-state index is -1.47. The molecule has 0 amide bonds. The number of carboxylic acids is 1. The zero-order valence-electron chi connectivity index (χ0n) is 20.6. The molecule has 0 radical (unpaired) electrons. The molecule has 2 N–H and O–H groups in total. The number of fused-ring (bicyclic) bond motifs is 1. The summed E-state index contributed by atoms with van der Waals surface area (Å²) < 4.78 is 21.4. The van der Waals surface area contributed by atoms with Crippen LogP contribution in [-0.2, 0) is 22.7 Å². The van der Waals surface area contributed by atoms with Crippen molar-refractivity contribution in [2.75, 3.05) is 16.7 Å². The molecule has 1 unspecified atom stereocenters. The van der Waals surface area contributed by atoms with Gasteiger partial charge in [0.15, 0.2) is 4.90 Å². The van der Waals surface area contributed by atoms with Crippen molar-refractivity contribution in [3.05, 3.63) is 96.1 Å². The average molecular weight is 503 g/mol. The molecule has 4 aromatic rings. The average Bonchev–Trinajstić information content (AvgIpc) is 2.88. The summed E-state index contributed by atoms with van der Waals surface area (Å²) in [5.41, 5.74) is 3.97. The molecule has 186 valence electrons. The van der Waals surface area contributed by atoms with Gasteiger partial charge in [-0.3, -0.25) is 4.79 Å². The van der Waals surface area contributed by atoms with Crippen LogP contribution in [0.5, 0.6) is 5.75 Å². The van der Waals surface area contributed by atoms with Crippen LogP contribution < -0.4 is 14.4 Å². The Labute approximate surface area is 214 Å². The summed E-state index contributed by atoms with van der Waals surface area (Å²) in [6.45, 7) is 4.58. The number of hydrogen-bond donors (Lipinski definition) is 2. The summed E-state index contributed by atoms with van der Waals surface area (Å²) in [5.74, 6) is -0.135. The highest BCUT2D eigenvalue weighted by atomic mass is 32.2. The van der Waals surface area contributed by atoms with Gasteiger partial charge in [0, 0.05) is 29.0 Å². The first kappa shape index (κ1) is 25.4. The second-order valence-corrected chi connectivity index (χ2v) is 9.94. The number of anilines is 2. The third kappa shape index (κ3) is 5.75. The van der Waals surface area contributed by atoms with Crippen molar-refractivity contribution >= 4 is 39.5 Å². The lowest BCUT2D eigenvalue weighted by molar-refractivity contribution is -0.137. The molecule has 0 aliphatic carbocycles. The second-order valence-electron chi connectivity index (χ2n) is 8.73. The molecule has 0 saturated heterocycles. The lowest BCUT2D eigenvalue weighted by Gasteiger charge is -2.32. The lowest BCUT2D eigenvalue weighted by atomic mass is 10.0. The molecule has 0 aliphatic rings.